The van der Waals surface area contributed by atoms with E-state index in [1.54, 1.807) is 35.0 Å². The van der Waals surface area contributed by atoms with E-state index in [-0.39, 0.29) is 19.8 Å². The minimum Gasteiger partial charge on any atom is -0.466 e. The molecule has 8 nitrogen and oxygen atoms in total. The van der Waals surface area contributed by atoms with Crippen LogP contribution in [0.1, 0.15) is 33.6 Å². The normalized spacial score (nSPS) is 10.1. The van der Waals surface area contributed by atoms with Gasteiger partial charge in [-0.3, -0.25) is 9.59 Å². The van der Waals surface area contributed by atoms with E-state index in [0.717, 1.165) is 0 Å². The summed E-state index contributed by atoms with van der Waals surface area (Å²) >= 11 is 0. The number of hydrogen-bond donors (Lipinski definition) is 1. The van der Waals surface area contributed by atoms with Gasteiger partial charge in [-0.2, -0.15) is 0 Å². The van der Waals surface area contributed by atoms with E-state index in [2.05, 4.69) is 18.9 Å². The average Bonchev–Trinajstić information content (AvgIpc) is 2.39. The summed E-state index contributed by atoms with van der Waals surface area (Å²) in [5, 5.41) is 10.1. The third-order valence-electron chi connectivity index (χ3n) is 2.14. The van der Waals surface area contributed by atoms with Gasteiger partial charge in [0.15, 0.2) is 5.60 Å². The number of ether oxygens (including phenoxy) is 4. The van der Waals surface area contributed by atoms with Gasteiger partial charge in [0.05, 0.1) is 32.7 Å². The van der Waals surface area contributed by atoms with Crippen molar-refractivity contribution in [3.63, 3.8) is 0 Å². The third-order valence-corrected chi connectivity index (χ3v) is 2.14. The van der Waals surface area contributed by atoms with Gasteiger partial charge >= 0.3 is 17.9 Å². The second-order valence-electron chi connectivity index (χ2n) is 4.12. The van der Waals surface area contributed by atoms with Crippen molar-refractivity contribution in [3.05, 3.63) is 0 Å². The zero-order chi connectivity index (χ0) is 17.6. The summed E-state index contributed by atoms with van der Waals surface area (Å²) in [5.41, 5.74) is -2.26. The molecule has 0 aliphatic heterocycles. The van der Waals surface area contributed by atoms with E-state index in [1.807, 2.05) is 0 Å². The Morgan fingerprint density at radius 3 is 1.41 bits per heavy atom. The summed E-state index contributed by atoms with van der Waals surface area (Å²) in [6.07, 6.45) is -1.31. The lowest BCUT2D eigenvalue weighted by atomic mass is 9.95. The third kappa shape index (κ3) is 10.1. The molecule has 0 aromatic heterocycles. The van der Waals surface area contributed by atoms with Crippen molar-refractivity contribution in [1.82, 2.24) is 0 Å². The molecule has 8 heteroatoms. The van der Waals surface area contributed by atoms with Crippen molar-refractivity contribution >= 4 is 17.9 Å². The minimum atomic E-state index is -2.26. The Labute approximate surface area is 130 Å². The lowest BCUT2D eigenvalue weighted by Crippen LogP contribution is -2.44. The molecule has 0 saturated carbocycles. The average molecular weight is 322 g/mol. The molecule has 0 aliphatic rings. The maximum Gasteiger partial charge on any atom is 0.339 e. The number of aliphatic hydroxyl groups is 1. The fourth-order valence-electron chi connectivity index (χ4n) is 1.37. The molecule has 0 atom stereocenters. The predicted octanol–water partition coefficient (Wildman–Crippen LogP) is 0.450. The number of carbonyl (C=O) groups is 3. The highest BCUT2D eigenvalue weighted by Crippen LogP contribution is 2.19. The number of rotatable bonds is 8. The molecular formula is C14H26O8. The number of methoxy groups -OCH3 is 1. The van der Waals surface area contributed by atoms with E-state index < -0.39 is 36.4 Å². The Balaban J connectivity index is 0. The minimum absolute atomic E-state index is 0.0206. The first kappa shape index (κ1) is 22.6. The van der Waals surface area contributed by atoms with Crippen LogP contribution < -0.4 is 0 Å². The van der Waals surface area contributed by atoms with Crippen LogP contribution in [-0.2, 0) is 33.3 Å². The summed E-state index contributed by atoms with van der Waals surface area (Å²) < 4.78 is 18.2. The topological polar surface area (TPSA) is 108 Å². The maximum absolute atomic E-state index is 11.7. The highest BCUT2D eigenvalue weighted by Gasteiger charge is 2.43. The van der Waals surface area contributed by atoms with Crippen molar-refractivity contribution in [1.29, 1.82) is 0 Å². The van der Waals surface area contributed by atoms with Crippen molar-refractivity contribution < 1.29 is 38.4 Å². The lowest BCUT2D eigenvalue weighted by molar-refractivity contribution is -0.177. The van der Waals surface area contributed by atoms with Crippen molar-refractivity contribution in [2.45, 2.75) is 39.2 Å². The van der Waals surface area contributed by atoms with Crippen molar-refractivity contribution in [2.75, 3.05) is 34.0 Å². The molecule has 0 heterocycles. The van der Waals surface area contributed by atoms with Crippen molar-refractivity contribution in [3.8, 4) is 0 Å². The van der Waals surface area contributed by atoms with Crippen LogP contribution in [0.4, 0.5) is 0 Å². The first-order valence-corrected chi connectivity index (χ1v) is 6.92. The highest BCUT2D eigenvalue weighted by atomic mass is 16.6. The molecule has 1 N–H and O–H groups in total. The van der Waals surface area contributed by atoms with Gasteiger partial charge in [0, 0.05) is 14.2 Å². The van der Waals surface area contributed by atoms with Gasteiger partial charge in [0.1, 0.15) is 0 Å². The Hall–Kier alpha value is -1.67. The molecule has 0 unspecified atom stereocenters. The first-order chi connectivity index (χ1) is 10.3. The second-order valence-corrected chi connectivity index (χ2v) is 4.12. The molecule has 0 aromatic carbocycles. The van der Waals surface area contributed by atoms with Crippen LogP contribution in [0.15, 0.2) is 0 Å². The van der Waals surface area contributed by atoms with Gasteiger partial charge in [-0.1, -0.05) is 0 Å². The second kappa shape index (κ2) is 13.0. The molecule has 0 amide bonds. The van der Waals surface area contributed by atoms with E-state index in [9.17, 15) is 19.5 Å². The van der Waals surface area contributed by atoms with E-state index in [1.165, 1.54) is 0 Å². The largest absolute Gasteiger partial charge is 0.466 e. The summed E-state index contributed by atoms with van der Waals surface area (Å²) in [5.74, 6) is -2.62. The zero-order valence-electron chi connectivity index (χ0n) is 13.8. The monoisotopic (exact) mass is 322 g/mol. The van der Waals surface area contributed by atoms with Crippen LogP contribution in [0.25, 0.3) is 0 Å². The van der Waals surface area contributed by atoms with E-state index >= 15 is 0 Å². The molecule has 0 aromatic rings. The summed E-state index contributed by atoms with van der Waals surface area (Å²) in [7, 11) is 3.25. The smallest absolute Gasteiger partial charge is 0.339 e. The van der Waals surface area contributed by atoms with E-state index in [0.29, 0.717) is 0 Å². The van der Waals surface area contributed by atoms with Gasteiger partial charge in [-0.05, 0) is 20.8 Å². The van der Waals surface area contributed by atoms with Crippen LogP contribution >= 0.6 is 0 Å². The van der Waals surface area contributed by atoms with Gasteiger partial charge < -0.3 is 24.1 Å². The fraction of sp³-hybridized carbons (Fsp3) is 0.786. The molecule has 0 fully saturated rings. The van der Waals surface area contributed by atoms with Gasteiger partial charge in [-0.25, -0.2) is 4.79 Å². The quantitative estimate of drug-likeness (QED) is 0.507. The molecule has 0 spiro atoms. The standard InChI is InChI=1S/C12H20O7.C2H6O/c1-4-17-9(13)7-12(16,11(15)19-6-3)8-10(14)18-5-2;1-3-2/h16H,4-8H2,1-3H3;1-2H3. The van der Waals surface area contributed by atoms with E-state index in [4.69, 9.17) is 0 Å². The maximum atomic E-state index is 11.7. The Kier molecular flexibility index (Phi) is 13.4. The SMILES string of the molecule is CCOC(=O)CC(O)(CC(=O)OCC)C(=O)OCC.COC. The van der Waals surface area contributed by atoms with Gasteiger partial charge in [-0.15, -0.1) is 0 Å². The Morgan fingerprint density at radius 2 is 1.14 bits per heavy atom. The summed E-state index contributed by atoms with van der Waals surface area (Å²) in [6.45, 7) is 4.97. The number of esters is 3. The van der Waals surface area contributed by atoms with Crippen LogP contribution in [0.5, 0.6) is 0 Å². The van der Waals surface area contributed by atoms with Crippen LogP contribution in [0.3, 0.4) is 0 Å². The summed E-state index contributed by atoms with van der Waals surface area (Å²) in [4.78, 5) is 34.4. The zero-order valence-corrected chi connectivity index (χ0v) is 13.8. The molecule has 22 heavy (non-hydrogen) atoms. The fourth-order valence-corrected chi connectivity index (χ4v) is 1.37. The molecule has 0 saturated heterocycles. The van der Waals surface area contributed by atoms with Gasteiger partial charge in [0.25, 0.3) is 0 Å². The molecule has 0 aliphatic carbocycles. The van der Waals surface area contributed by atoms with Crippen LogP contribution in [-0.4, -0.2) is 62.7 Å². The van der Waals surface area contributed by atoms with Crippen LogP contribution in [0.2, 0.25) is 0 Å². The molecule has 0 bridgehead atoms. The van der Waals surface area contributed by atoms with Gasteiger partial charge in [0.2, 0.25) is 0 Å². The first-order valence-electron chi connectivity index (χ1n) is 6.92. The number of carbonyl (C=O) groups excluding carboxylic acids is 3. The number of hydrogen-bond acceptors (Lipinski definition) is 8. The van der Waals surface area contributed by atoms with Crippen molar-refractivity contribution in [2.24, 2.45) is 0 Å². The lowest BCUT2D eigenvalue weighted by Gasteiger charge is -2.23. The predicted molar refractivity (Wildman–Crippen MR) is 77.0 cm³/mol. The Morgan fingerprint density at radius 1 is 0.818 bits per heavy atom. The Bertz CT molecular complexity index is 320. The highest BCUT2D eigenvalue weighted by molar-refractivity contribution is 5.90. The molecule has 0 rings (SSSR count). The molecule has 0 radical (unpaired) electrons. The van der Waals surface area contributed by atoms with Crippen LogP contribution in [0, 0.1) is 0 Å². The molecular weight excluding hydrogens is 296 g/mol. The summed E-state index contributed by atoms with van der Waals surface area (Å²) in [6, 6.07) is 0. The molecule has 130 valence electrons.